The van der Waals surface area contributed by atoms with E-state index in [2.05, 4.69) is 0 Å². The Kier molecular flexibility index (Phi) is 2.90. The van der Waals surface area contributed by atoms with Crippen molar-refractivity contribution in [1.29, 1.82) is 0 Å². The van der Waals surface area contributed by atoms with Crippen LogP contribution in [0.3, 0.4) is 0 Å². The van der Waals surface area contributed by atoms with Crippen LogP contribution in [0.4, 0.5) is 0 Å². The predicted molar refractivity (Wildman–Crippen MR) is 90.2 cm³/mol. The summed E-state index contributed by atoms with van der Waals surface area (Å²) in [6.07, 6.45) is 3.93. The second kappa shape index (κ2) is 4.94. The van der Waals surface area contributed by atoms with Crippen LogP contribution in [0, 0.1) is 11.8 Å². The van der Waals surface area contributed by atoms with Crippen LogP contribution in [0.2, 0.25) is 0 Å². The van der Waals surface area contributed by atoms with Crippen molar-refractivity contribution >= 4 is 16.6 Å². The van der Waals surface area contributed by atoms with Crippen molar-refractivity contribution in [2.24, 2.45) is 11.8 Å². The molecule has 0 amide bonds. The third-order valence-corrected chi connectivity index (χ3v) is 5.27. The van der Waals surface area contributed by atoms with Crippen LogP contribution in [-0.2, 0) is 4.79 Å². The van der Waals surface area contributed by atoms with Gasteiger partial charge >= 0.3 is 0 Å². The lowest BCUT2D eigenvalue weighted by molar-refractivity contribution is -0.181. The monoisotopic (exact) mass is 336 g/mol. The van der Waals surface area contributed by atoms with E-state index in [1.54, 1.807) is 6.08 Å². The van der Waals surface area contributed by atoms with Gasteiger partial charge < -0.3 is 19.7 Å². The molecule has 0 bridgehead atoms. The quantitative estimate of drug-likeness (QED) is 0.720. The fraction of sp³-hybridized carbons (Fsp3) is 0.250. The molecule has 0 saturated heterocycles. The molecule has 0 fully saturated rings. The zero-order valence-electron chi connectivity index (χ0n) is 13.2. The summed E-state index contributed by atoms with van der Waals surface area (Å²) in [6, 6.07) is 11.4. The average Bonchev–Trinajstić information content (AvgIpc) is 2.61. The lowest BCUT2D eigenvalue weighted by Gasteiger charge is -2.48. The van der Waals surface area contributed by atoms with E-state index < -0.39 is 29.8 Å². The molecule has 0 radical (unpaired) electrons. The summed E-state index contributed by atoms with van der Waals surface area (Å²) in [5.74, 6) is -1.87. The summed E-state index contributed by atoms with van der Waals surface area (Å²) in [5.41, 5.74) is 0. The molecule has 1 heterocycles. The minimum absolute atomic E-state index is 0.240. The second-order valence-corrected chi connectivity index (χ2v) is 6.69. The zero-order valence-corrected chi connectivity index (χ0v) is 13.2. The van der Waals surface area contributed by atoms with Gasteiger partial charge in [-0.3, -0.25) is 4.79 Å². The van der Waals surface area contributed by atoms with E-state index in [1.165, 1.54) is 18.2 Å². The van der Waals surface area contributed by atoms with Crippen molar-refractivity contribution in [3.63, 3.8) is 0 Å². The molecule has 25 heavy (non-hydrogen) atoms. The van der Waals surface area contributed by atoms with Gasteiger partial charge in [-0.1, -0.05) is 36.4 Å². The van der Waals surface area contributed by atoms with Gasteiger partial charge in [0.05, 0.1) is 29.4 Å². The number of fused-ring (bicyclic) bond motifs is 2. The number of rotatable bonds is 0. The van der Waals surface area contributed by atoms with Crippen LogP contribution in [0.5, 0.6) is 11.5 Å². The zero-order chi connectivity index (χ0) is 17.2. The van der Waals surface area contributed by atoms with E-state index in [4.69, 9.17) is 9.47 Å². The molecule has 0 unspecified atom stereocenters. The molecule has 1 aliphatic heterocycles. The molecule has 1 spiro atoms. The fourth-order valence-corrected chi connectivity index (χ4v) is 4.16. The van der Waals surface area contributed by atoms with E-state index >= 15 is 0 Å². The standard InChI is InChI=1S/C20H16O5/c21-12-7-8-14(23)19-18(12)13(22)9-10-20(19)24-15-5-1-3-11-4-2-6-16(25-20)17(11)15/h1-10,12,14,18-19,21,23H/t12-,14+,18-,19+/m0/s1. The Morgan fingerprint density at radius 3 is 2.24 bits per heavy atom. The lowest BCUT2D eigenvalue weighted by atomic mass is 9.69. The highest BCUT2D eigenvalue weighted by Crippen LogP contribution is 2.49. The Morgan fingerprint density at radius 2 is 1.56 bits per heavy atom. The SMILES string of the molecule is O=C1C=CC2(Oc3cccc4cccc(c34)O2)[C@H]2[C@H]1[C@@H](O)C=C[C@H]2O. The highest BCUT2D eigenvalue weighted by Gasteiger charge is 2.57. The van der Waals surface area contributed by atoms with E-state index in [-0.39, 0.29) is 5.78 Å². The number of carbonyl (C=O) groups excluding carboxylic acids is 1. The Hall–Kier alpha value is -2.63. The van der Waals surface area contributed by atoms with Crippen LogP contribution >= 0.6 is 0 Å². The molecular formula is C20H16O5. The van der Waals surface area contributed by atoms with Crippen molar-refractivity contribution in [2.75, 3.05) is 0 Å². The maximum Gasteiger partial charge on any atom is 0.277 e. The van der Waals surface area contributed by atoms with Gasteiger partial charge in [0.1, 0.15) is 11.5 Å². The molecule has 126 valence electrons. The first-order valence-corrected chi connectivity index (χ1v) is 8.26. The van der Waals surface area contributed by atoms with Gasteiger partial charge in [-0.15, -0.1) is 0 Å². The minimum atomic E-state index is -1.34. The van der Waals surface area contributed by atoms with Gasteiger partial charge in [0.2, 0.25) is 0 Å². The first-order valence-electron chi connectivity index (χ1n) is 8.26. The topological polar surface area (TPSA) is 76.0 Å². The molecule has 3 aliphatic rings. The molecule has 5 rings (SSSR count). The number of allylic oxidation sites excluding steroid dienone is 1. The number of aliphatic hydroxyl groups is 2. The number of benzene rings is 2. The molecular weight excluding hydrogens is 320 g/mol. The third-order valence-electron chi connectivity index (χ3n) is 5.27. The van der Waals surface area contributed by atoms with E-state index in [9.17, 15) is 15.0 Å². The second-order valence-electron chi connectivity index (χ2n) is 6.69. The summed E-state index contributed by atoms with van der Waals surface area (Å²) < 4.78 is 12.4. The summed E-state index contributed by atoms with van der Waals surface area (Å²) in [7, 11) is 0. The van der Waals surface area contributed by atoms with Gasteiger partial charge in [0.25, 0.3) is 5.79 Å². The maximum absolute atomic E-state index is 12.3. The van der Waals surface area contributed by atoms with E-state index in [0.717, 1.165) is 10.8 Å². The molecule has 0 aromatic heterocycles. The van der Waals surface area contributed by atoms with Crippen molar-refractivity contribution in [3.05, 3.63) is 60.7 Å². The smallest absolute Gasteiger partial charge is 0.277 e. The highest BCUT2D eigenvalue weighted by atomic mass is 16.7. The minimum Gasteiger partial charge on any atom is -0.448 e. The Morgan fingerprint density at radius 1 is 0.920 bits per heavy atom. The normalized spacial score (nSPS) is 31.5. The molecule has 2 aromatic carbocycles. The lowest BCUT2D eigenvalue weighted by Crippen LogP contribution is -2.61. The first-order chi connectivity index (χ1) is 12.1. The highest BCUT2D eigenvalue weighted by molar-refractivity contribution is 5.96. The molecule has 2 aromatic rings. The summed E-state index contributed by atoms with van der Waals surface area (Å²) in [6.45, 7) is 0. The van der Waals surface area contributed by atoms with Crippen molar-refractivity contribution < 1.29 is 24.5 Å². The van der Waals surface area contributed by atoms with Crippen LogP contribution in [0.15, 0.2) is 60.7 Å². The average molecular weight is 336 g/mol. The summed E-state index contributed by atoms with van der Waals surface area (Å²) in [5, 5.41) is 22.7. The van der Waals surface area contributed by atoms with Crippen molar-refractivity contribution in [1.82, 2.24) is 0 Å². The van der Waals surface area contributed by atoms with Gasteiger partial charge in [0, 0.05) is 6.08 Å². The Labute approximate surface area is 143 Å². The maximum atomic E-state index is 12.3. The summed E-state index contributed by atoms with van der Waals surface area (Å²) in [4.78, 5) is 12.3. The Balaban J connectivity index is 1.71. The molecule has 5 nitrogen and oxygen atoms in total. The third kappa shape index (κ3) is 1.94. The molecule has 4 atom stereocenters. The molecule has 2 aliphatic carbocycles. The molecule has 0 saturated carbocycles. The number of ketones is 1. The van der Waals surface area contributed by atoms with E-state index in [0.29, 0.717) is 11.5 Å². The largest absolute Gasteiger partial charge is 0.448 e. The van der Waals surface area contributed by atoms with Gasteiger partial charge in [-0.25, -0.2) is 0 Å². The first kappa shape index (κ1) is 14.7. The molecule has 2 N–H and O–H groups in total. The number of aliphatic hydroxyl groups excluding tert-OH is 2. The predicted octanol–water partition coefficient (Wildman–Crippen LogP) is 1.97. The number of ether oxygens (including phenoxy) is 2. The number of carbonyl (C=O) groups is 1. The van der Waals surface area contributed by atoms with Gasteiger partial charge in [0.15, 0.2) is 5.78 Å². The van der Waals surface area contributed by atoms with Crippen LogP contribution < -0.4 is 9.47 Å². The van der Waals surface area contributed by atoms with Crippen LogP contribution in [-0.4, -0.2) is 34.0 Å². The summed E-state index contributed by atoms with van der Waals surface area (Å²) >= 11 is 0. The van der Waals surface area contributed by atoms with Gasteiger partial charge in [-0.2, -0.15) is 0 Å². The van der Waals surface area contributed by atoms with Gasteiger partial charge in [-0.05, 0) is 23.6 Å². The van der Waals surface area contributed by atoms with Crippen molar-refractivity contribution in [3.8, 4) is 11.5 Å². The number of hydrogen-bond acceptors (Lipinski definition) is 5. The molecule has 5 heteroatoms. The van der Waals surface area contributed by atoms with Crippen molar-refractivity contribution in [2.45, 2.75) is 18.0 Å². The fourth-order valence-electron chi connectivity index (χ4n) is 4.16. The van der Waals surface area contributed by atoms with Crippen LogP contribution in [0.1, 0.15) is 0 Å². The number of hydrogen-bond donors (Lipinski definition) is 2. The van der Waals surface area contributed by atoms with E-state index in [1.807, 2.05) is 36.4 Å². The van der Waals surface area contributed by atoms with Crippen LogP contribution in [0.25, 0.3) is 10.8 Å². The Bertz CT molecular complexity index is 904.